The number of rotatable bonds is 5. The van der Waals surface area contributed by atoms with Crippen molar-refractivity contribution in [3.63, 3.8) is 0 Å². The molecule has 7 heteroatoms. The minimum atomic E-state index is 0.585. The minimum Gasteiger partial charge on any atom is -0.383 e. The molecule has 3 heterocycles. The average Bonchev–Trinajstić information content (AvgIpc) is 2.96. The van der Waals surface area contributed by atoms with Crippen molar-refractivity contribution < 1.29 is 0 Å². The summed E-state index contributed by atoms with van der Waals surface area (Å²) in [5.41, 5.74) is 9.92. The second-order valence-electron chi connectivity index (χ2n) is 7.30. The summed E-state index contributed by atoms with van der Waals surface area (Å²) in [6.45, 7) is 6.28. The molecule has 1 saturated heterocycles. The summed E-state index contributed by atoms with van der Waals surface area (Å²) in [6.07, 6.45) is 3.95. The predicted octanol–water partition coefficient (Wildman–Crippen LogP) is 2.82. The zero-order valence-electron chi connectivity index (χ0n) is 16.1. The monoisotopic (exact) mass is 365 g/mol. The van der Waals surface area contributed by atoms with Crippen molar-refractivity contribution in [2.75, 3.05) is 37.2 Å². The molecule has 0 spiro atoms. The summed E-state index contributed by atoms with van der Waals surface area (Å²) < 4.78 is 1.66. The van der Waals surface area contributed by atoms with Crippen LogP contribution in [0.25, 0.3) is 22.3 Å². The Morgan fingerprint density at radius 2 is 1.96 bits per heavy atom. The third kappa shape index (κ3) is 3.73. The molecule has 142 valence electrons. The summed E-state index contributed by atoms with van der Waals surface area (Å²) in [6, 6.07) is 8.28. The van der Waals surface area contributed by atoms with Gasteiger partial charge in [0, 0.05) is 25.7 Å². The standard InChI is InChI=1S/C20H27N7/c1-14-7-6-8-15(13-14)17-16-18(21)26(2)25-19(16)24-20(23-17)22-9-12-27-10-4-3-5-11-27/h6-8,13H,3-5,9-12,21H2,1-2H3,(H,22,24,25). The third-order valence-electron chi connectivity index (χ3n) is 5.19. The molecule has 0 unspecified atom stereocenters. The number of fused-ring (bicyclic) bond motifs is 1. The fourth-order valence-electron chi connectivity index (χ4n) is 3.70. The van der Waals surface area contributed by atoms with Crippen LogP contribution in [0.15, 0.2) is 24.3 Å². The molecule has 0 atom stereocenters. The highest BCUT2D eigenvalue weighted by atomic mass is 15.3. The Morgan fingerprint density at radius 1 is 1.15 bits per heavy atom. The van der Waals surface area contributed by atoms with E-state index in [1.54, 1.807) is 4.68 Å². The molecule has 0 aliphatic carbocycles. The average molecular weight is 365 g/mol. The van der Waals surface area contributed by atoms with Gasteiger partial charge in [0.25, 0.3) is 0 Å². The summed E-state index contributed by atoms with van der Waals surface area (Å²) in [4.78, 5) is 11.9. The molecule has 4 rings (SSSR count). The van der Waals surface area contributed by atoms with E-state index in [1.807, 2.05) is 13.1 Å². The molecule has 0 amide bonds. The molecule has 1 aliphatic heterocycles. The number of anilines is 2. The summed E-state index contributed by atoms with van der Waals surface area (Å²) >= 11 is 0. The van der Waals surface area contributed by atoms with Gasteiger partial charge < -0.3 is 16.0 Å². The fraction of sp³-hybridized carbons (Fsp3) is 0.450. The number of nitrogens with one attached hydrogen (secondary N) is 1. The molecule has 1 fully saturated rings. The van der Waals surface area contributed by atoms with Crippen molar-refractivity contribution in [1.82, 2.24) is 24.6 Å². The Hall–Kier alpha value is -2.67. The van der Waals surface area contributed by atoms with Crippen LogP contribution in [0.1, 0.15) is 24.8 Å². The zero-order chi connectivity index (χ0) is 18.8. The number of nitrogens with zero attached hydrogens (tertiary/aromatic N) is 5. The Bertz CT molecular complexity index is 941. The van der Waals surface area contributed by atoms with E-state index in [2.05, 4.69) is 45.4 Å². The molecule has 27 heavy (non-hydrogen) atoms. The number of hydrogen-bond donors (Lipinski definition) is 2. The van der Waals surface area contributed by atoms with E-state index < -0.39 is 0 Å². The van der Waals surface area contributed by atoms with Crippen molar-refractivity contribution in [3.8, 4) is 11.3 Å². The van der Waals surface area contributed by atoms with Gasteiger partial charge in [-0.25, -0.2) is 4.98 Å². The quantitative estimate of drug-likeness (QED) is 0.723. The Kier molecular flexibility index (Phi) is 4.94. The highest BCUT2D eigenvalue weighted by Crippen LogP contribution is 2.31. The summed E-state index contributed by atoms with van der Waals surface area (Å²) in [7, 11) is 1.83. The van der Waals surface area contributed by atoms with Gasteiger partial charge in [0.1, 0.15) is 5.82 Å². The SMILES string of the molecule is Cc1cccc(-c2nc(NCCN3CCCCC3)nc3nn(C)c(N)c23)c1. The Labute approximate surface area is 159 Å². The van der Waals surface area contributed by atoms with E-state index in [0.717, 1.165) is 29.7 Å². The molecule has 1 aliphatic rings. The van der Waals surface area contributed by atoms with Gasteiger partial charge in [-0.3, -0.25) is 4.68 Å². The lowest BCUT2D eigenvalue weighted by Crippen LogP contribution is -2.33. The van der Waals surface area contributed by atoms with Crippen LogP contribution in [0.4, 0.5) is 11.8 Å². The maximum atomic E-state index is 6.26. The van der Waals surface area contributed by atoms with Crippen molar-refractivity contribution in [1.29, 1.82) is 0 Å². The normalized spacial score (nSPS) is 15.3. The van der Waals surface area contributed by atoms with Gasteiger partial charge in [0.05, 0.1) is 11.1 Å². The largest absolute Gasteiger partial charge is 0.383 e. The molecule has 1 aromatic carbocycles. The van der Waals surface area contributed by atoms with Gasteiger partial charge in [-0.05, 0) is 38.9 Å². The first-order chi connectivity index (χ1) is 13.1. The van der Waals surface area contributed by atoms with E-state index in [1.165, 1.54) is 37.9 Å². The molecular weight excluding hydrogens is 338 g/mol. The van der Waals surface area contributed by atoms with Crippen LogP contribution in [0.5, 0.6) is 0 Å². The maximum Gasteiger partial charge on any atom is 0.225 e. The smallest absolute Gasteiger partial charge is 0.225 e. The number of benzene rings is 1. The van der Waals surface area contributed by atoms with Crippen LogP contribution in [0.2, 0.25) is 0 Å². The van der Waals surface area contributed by atoms with Gasteiger partial charge in [-0.15, -0.1) is 0 Å². The molecular formula is C20H27N7. The lowest BCUT2D eigenvalue weighted by atomic mass is 10.1. The molecule has 7 nitrogen and oxygen atoms in total. The number of nitrogens with two attached hydrogens (primary N) is 1. The molecule has 3 aromatic rings. The van der Waals surface area contributed by atoms with Gasteiger partial charge in [0.15, 0.2) is 5.65 Å². The van der Waals surface area contributed by atoms with Crippen molar-refractivity contribution in [3.05, 3.63) is 29.8 Å². The molecule has 0 bridgehead atoms. The van der Waals surface area contributed by atoms with Crippen LogP contribution in [0.3, 0.4) is 0 Å². The Balaban J connectivity index is 1.63. The van der Waals surface area contributed by atoms with E-state index in [4.69, 9.17) is 10.7 Å². The van der Waals surface area contributed by atoms with E-state index in [-0.39, 0.29) is 0 Å². The number of aryl methyl sites for hydroxylation is 2. The van der Waals surface area contributed by atoms with Gasteiger partial charge >= 0.3 is 0 Å². The summed E-state index contributed by atoms with van der Waals surface area (Å²) in [5.74, 6) is 1.19. The van der Waals surface area contributed by atoms with Crippen molar-refractivity contribution in [2.24, 2.45) is 7.05 Å². The van der Waals surface area contributed by atoms with Crippen LogP contribution in [-0.2, 0) is 7.05 Å². The maximum absolute atomic E-state index is 6.26. The number of likely N-dealkylation sites (tertiary alicyclic amines) is 1. The lowest BCUT2D eigenvalue weighted by molar-refractivity contribution is 0.237. The van der Waals surface area contributed by atoms with E-state index in [9.17, 15) is 0 Å². The van der Waals surface area contributed by atoms with Gasteiger partial charge in [-0.2, -0.15) is 10.1 Å². The van der Waals surface area contributed by atoms with E-state index in [0.29, 0.717) is 17.4 Å². The van der Waals surface area contributed by atoms with Gasteiger partial charge in [-0.1, -0.05) is 30.2 Å². The molecule has 0 saturated carbocycles. The fourth-order valence-corrected chi connectivity index (χ4v) is 3.70. The van der Waals surface area contributed by atoms with Crippen molar-refractivity contribution in [2.45, 2.75) is 26.2 Å². The van der Waals surface area contributed by atoms with E-state index >= 15 is 0 Å². The highest BCUT2D eigenvalue weighted by Gasteiger charge is 2.17. The highest BCUT2D eigenvalue weighted by molar-refractivity contribution is 5.98. The lowest BCUT2D eigenvalue weighted by Gasteiger charge is -2.26. The molecule has 0 radical (unpaired) electrons. The van der Waals surface area contributed by atoms with Crippen molar-refractivity contribution >= 4 is 22.8 Å². The topological polar surface area (TPSA) is 84.9 Å². The van der Waals surface area contributed by atoms with Crippen LogP contribution in [0, 0.1) is 6.92 Å². The van der Waals surface area contributed by atoms with Gasteiger partial charge in [0.2, 0.25) is 5.95 Å². The second-order valence-corrected chi connectivity index (χ2v) is 7.30. The zero-order valence-corrected chi connectivity index (χ0v) is 16.1. The number of nitrogen functional groups attached to an aromatic ring is 1. The minimum absolute atomic E-state index is 0.585. The van der Waals surface area contributed by atoms with Crippen LogP contribution in [-0.4, -0.2) is 50.8 Å². The number of aromatic nitrogens is 4. The second kappa shape index (κ2) is 7.52. The predicted molar refractivity (Wildman–Crippen MR) is 110 cm³/mol. The third-order valence-corrected chi connectivity index (χ3v) is 5.19. The van der Waals surface area contributed by atoms with Crippen LogP contribution >= 0.6 is 0 Å². The first-order valence-electron chi connectivity index (χ1n) is 9.65. The summed E-state index contributed by atoms with van der Waals surface area (Å²) in [5, 5.41) is 8.66. The Morgan fingerprint density at radius 3 is 2.74 bits per heavy atom. The molecule has 2 aromatic heterocycles. The number of piperidine rings is 1. The molecule has 3 N–H and O–H groups in total. The first kappa shape index (κ1) is 17.7. The number of hydrogen-bond acceptors (Lipinski definition) is 6. The first-order valence-corrected chi connectivity index (χ1v) is 9.65. The van der Waals surface area contributed by atoms with Crippen LogP contribution < -0.4 is 11.1 Å².